The molecule has 0 spiro atoms. The number of carbonyl (C=O) groups is 1. The van der Waals surface area contributed by atoms with Gasteiger partial charge in [-0.1, -0.05) is 30.3 Å². The van der Waals surface area contributed by atoms with Crippen LogP contribution in [-0.4, -0.2) is 11.9 Å². The maximum atomic E-state index is 11.6. The second-order valence-electron chi connectivity index (χ2n) is 3.67. The minimum absolute atomic E-state index is 0.0706. The summed E-state index contributed by atoms with van der Waals surface area (Å²) in [7, 11) is 0. The third kappa shape index (κ3) is 2.12. The van der Waals surface area contributed by atoms with E-state index < -0.39 is 6.04 Å². The monoisotopic (exact) mass is 190 g/mol. The number of benzene rings is 1. The van der Waals surface area contributed by atoms with Gasteiger partial charge in [-0.15, -0.1) is 0 Å². The van der Waals surface area contributed by atoms with Crippen molar-refractivity contribution in [1.29, 1.82) is 0 Å². The Morgan fingerprint density at radius 1 is 1.36 bits per heavy atom. The van der Waals surface area contributed by atoms with Gasteiger partial charge >= 0.3 is 0 Å². The van der Waals surface area contributed by atoms with Crippen LogP contribution in [-0.2, 0) is 4.79 Å². The van der Waals surface area contributed by atoms with Crippen LogP contribution in [0.1, 0.15) is 24.4 Å². The van der Waals surface area contributed by atoms with Gasteiger partial charge in [0.05, 0.1) is 0 Å². The molecule has 0 unspecified atom stereocenters. The zero-order valence-corrected chi connectivity index (χ0v) is 7.94. The first-order valence-corrected chi connectivity index (χ1v) is 4.88. The van der Waals surface area contributed by atoms with E-state index in [9.17, 15) is 4.79 Å². The molecule has 1 amide bonds. The molecule has 1 aromatic rings. The number of amides is 1. The van der Waals surface area contributed by atoms with Crippen LogP contribution >= 0.6 is 0 Å². The fourth-order valence-electron chi connectivity index (χ4n) is 1.33. The van der Waals surface area contributed by atoms with Gasteiger partial charge in [0.25, 0.3) is 0 Å². The first-order chi connectivity index (χ1) is 6.77. The molecule has 1 aliphatic rings. The van der Waals surface area contributed by atoms with E-state index in [4.69, 9.17) is 5.73 Å². The number of hydrogen-bond acceptors (Lipinski definition) is 2. The smallest absolute Gasteiger partial charge is 0.241 e. The van der Waals surface area contributed by atoms with Crippen LogP contribution in [0.2, 0.25) is 0 Å². The maximum absolute atomic E-state index is 11.6. The minimum Gasteiger partial charge on any atom is -0.352 e. The van der Waals surface area contributed by atoms with Gasteiger partial charge in [0, 0.05) is 6.04 Å². The summed E-state index contributed by atoms with van der Waals surface area (Å²) in [4.78, 5) is 11.6. The van der Waals surface area contributed by atoms with Crippen LogP contribution in [0.3, 0.4) is 0 Å². The van der Waals surface area contributed by atoms with Gasteiger partial charge < -0.3 is 11.1 Å². The fourth-order valence-corrected chi connectivity index (χ4v) is 1.33. The Hall–Kier alpha value is -1.35. The Kier molecular flexibility index (Phi) is 2.50. The third-order valence-electron chi connectivity index (χ3n) is 2.36. The summed E-state index contributed by atoms with van der Waals surface area (Å²) in [6.07, 6.45) is 2.18. The molecule has 0 radical (unpaired) electrons. The van der Waals surface area contributed by atoms with Crippen molar-refractivity contribution in [3.8, 4) is 0 Å². The molecule has 3 heteroatoms. The maximum Gasteiger partial charge on any atom is 0.241 e. The summed E-state index contributed by atoms with van der Waals surface area (Å²) >= 11 is 0. The van der Waals surface area contributed by atoms with E-state index in [1.54, 1.807) is 0 Å². The highest BCUT2D eigenvalue weighted by molar-refractivity contribution is 5.83. The quantitative estimate of drug-likeness (QED) is 0.746. The van der Waals surface area contributed by atoms with Crippen molar-refractivity contribution in [2.75, 3.05) is 0 Å². The Morgan fingerprint density at radius 3 is 2.57 bits per heavy atom. The van der Waals surface area contributed by atoms with Crippen LogP contribution in [0.5, 0.6) is 0 Å². The summed E-state index contributed by atoms with van der Waals surface area (Å²) in [5.41, 5.74) is 6.67. The molecule has 0 heterocycles. The number of nitrogens with one attached hydrogen (secondary N) is 1. The standard InChI is InChI=1S/C11H14N2O/c12-10(8-4-2-1-3-5-8)11(14)13-9-6-7-9/h1-5,9-10H,6-7,12H2,(H,13,14)/t10-/m0/s1. The van der Waals surface area contributed by atoms with Gasteiger partial charge in [-0.2, -0.15) is 0 Å². The molecule has 1 saturated carbocycles. The van der Waals surface area contributed by atoms with Gasteiger partial charge in [-0.3, -0.25) is 4.79 Å². The van der Waals surface area contributed by atoms with Crippen molar-refractivity contribution in [3.63, 3.8) is 0 Å². The van der Waals surface area contributed by atoms with E-state index in [-0.39, 0.29) is 5.91 Å². The molecule has 14 heavy (non-hydrogen) atoms. The second kappa shape index (κ2) is 3.80. The molecular formula is C11H14N2O. The zero-order valence-electron chi connectivity index (χ0n) is 7.94. The van der Waals surface area contributed by atoms with E-state index in [2.05, 4.69) is 5.32 Å². The molecular weight excluding hydrogens is 176 g/mol. The van der Waals surface area contributed by atoms with E-state index in [0.717, 1.165) is 18.4 Å². The molecule has 0 saturated heterocycles. The molecule has 2 rings (SSSR count). The van der Waals surface area contributed by atoms with Gasteiger partial charge in [0.15, 0.2) is 0 Å². The largest absolute Gasteiger partial charge is 0.352 e. The molecule has 3 nitrogen and oxygen atoms in total. The topological polar surface area (TPSA) is 55.1 Å². The summed E-state index contributed by atoms with van der Waals surface area (Å²) in [5, 5.41) is 2.89. The summed E-state index contributed by atoms with van der Waals surface area (Å²) in [6.45, 7) is 0. The van der Waals surface area contributed by atoms with Gasteiger partial charge in [0.2, 0.25) is 5.91 Å². The fraction of sp³-hybridized carbons (Fsp3) is 0.364. The molecule has 0 aromatic heterocycles. The lowest BCUT2D eigenvalue weighted by atomic mass is 10.1. The van der Waals surface area contributed by atoms with Crippen LogP contribution in [0.25, 0.3) is 0 Å². The molecule has 1 atom stereocenters. The van der Waals surface area contributed by atoms with Crippen LogP contribution in [0.4, 0.5) is 0 Å². The molecule has 3 N–H and O–H groups in total. The van der Waals surface area contributed by atoms with Crippen molar-refractivity contribution >= 4 is 5.91 Å². The zero-order chi connectivity index (χ0) is 9.97. The first-order valence-electron chi connectivity index (χ1n) is 4.88. The summed E-state index contributed by atoms with van der Waals surface area (Å²) < 4.78 is 0. The van der Waals surface area contributed by atoms with E-state index in [0.29, 0.717) is 6.04 Å². The summed E-state index contributed by atoms with van der Waals surface area (Å²) in [5.74, 6) is -0.0706. The van der Waals surface area contributed by atoms with Gasteiger partial charge in [-0.05, 0) is 18.4 Å². The lowest BCUT2D eigenvalue weighted by molar-refractivity contribution is -0.122. The summed E-state index contributed by atoms with van der Waals surface area (Å²) in [6, 6.07) is 9.27. The van der Waals surface area contributed by atoms with Crippen LogP contribution in [0.15, 0.2) is 30.3 Å². The number of nitrogens with two attached hydrogens (primary N) is 1. The van der Waals surface area contributed by atoms with Crippen molar-refractivity contribution in [2.45, 2.75) is 24.9 Å². The molecule has 74 valence electrons. The first kappa shape index (κ1) is 9.21. The highest BCUT2D eigenvalue weighted by Gasteiger charge is 2.26. The highest BCUT2D eigenvalue weighted by Crippen LogP contribution is 2.20. The van der Waals surface area contributed by atoms with E-state index in [1.165, 1.54) is 0 Å². The SMILES string of the molecule is N[C@H](C(=O)NC1CC1)c1ccccc1. The Bertz CT molecular complexity index is 319. The lowest BCUT2D eigenvalue weighted by Crippen LogP contribution is -2.35. The number of hydrogen-bond donors (Lipinski definition) is 2. The van der Waals surface area contributed by atoms with E-state index in [1.807, 2.05) is 30.3 Å². The molecule has 0 aliphatic heterocycles. The minimum atomic E-state index is -0.531. The van der Waals surface area contributed by atoms with Crippen LogP contribution in [0, 0.1) is 0 Å². The van der Waals surface area contributed by atoms with Gasteiger partial charge in [0.1, 0.15) is 6.04 Å². The Morgan fingerprint density at radius 2 is 2.00 bits per heavy atom. The van der Waals surface area contributed by atoms with Crippen molar-refractivity contribution < 1.29 is 4.79 Å². The normalized spacial score (nSPS) is 17.5. The molecule has 0 bridgehead atoms. The number of carbonyl (C=O) groups excluding carboxylic acids is 1. The lowest BCUT2D eigenvalue weighted by Gasteiger charge is -2.11. The molecule has 1 aromatic carbocycles. The Labute approximate surface area is 83.3 Å². The highest BCUT2D eigenvalue weighted by atomic mass is 16.2. The van der Waals surface area contributed by atoms with Crippen LogP contribution < -0.4 is 11.1 Å². The van der Waals surface area contributed by atoms with Crippen molar-refractivity contribution in [1.82, 2.24) is 5.32 Å². The predicted octanol–water partition coefficient (Wildman–Crippen LogP) is 0.965. The Balaban J connectivity index is 1.99. The van der Waals surface area contributed by atoms with Gasteiger partial charge in [-0.25, -0.2) is 0 Å². The number of rotatable bonds is 3. The average Bonchev–Trinajstić information content (AvgIpc) is 3.02. The van der Waals surface area contributed by atoms with Crippen molar-refractivity contribution in [3.05, 3.63) is 35.9 Å². The average molecular weight is 190 g/mol. The molecule has 1 aliphatic carbocycles. The van der Waals surface area contributed by atoms with Crippen molar-refractivity contribution in [2.24, 2.45) is 5.73 Å². The van der Waals surface area contributed by atoms with E-state index >= 15 is 0 Å². The second-order valence-corrected chi connectivity index (χ2v) is 3.67. The predicted molar refractivity (Wildman–Crippen MR) is 54.5 cm³/mol. The third-order valence-corrected chi connectivity index (χ3v) is 2.36. The molecule has 1 fully saturated rings.